The number of hydrogen-bond acceptors (Lipinski definition) is 2. The van der Waals surface area contributed by atoms with Gasteiger partial charge in [0.15, 0.2) is 5.60 Å². The molecule has 0 bridgehead atoms. The first kappa shape index (κ1) is 21.0. The molecule has 3 nitrogen and oxygen atoms in total. The molecule has 2 N–H and O–H groups in total. The monoisotopic (exact) mass is 423 g/mol. The van der Waals surface area contributed by atoms with E-state index in [1.807, 2.05) is 19.1 Å². The predicted octanol–water partition coefficient (Wildman–Crippen LogP) is 5.47. The second-order valence-corrected chi connectivity index (χ2v) is 8.68. The fraction of sp³-hybridized carbons (Fsp3) is 0.478. The van der Waals surface area contributed by atoms with Crippen LogP contribution in [-0.4, -0.2) is 28.5 Å². The molecular weight excluding hydrogens is 398 g/mol. The molecule has 162 valence electrons. The SMILES string of the molecule is CC1(CCC(O)(Cc2cc3c([nH]2)CCC=C3)C(F)(F)F)CCOc2ccc(F)cc21. The van der Waals surface area contributed by atoms with E-state index in [9.17, 15) is 22.7 Å². The molecule has 4 rings (SSSR count). The zero-order valence-electron chi connectivity index (χ0n) is 16.8. The van der Waals surface area contributed by atoms with Gasteiger partial charge >= 0.3 is 6.18 Å². The van der Waals surface area contributed by atoms with Crippen molar-refractivity contribution < 1.29 is 27.4 Å². The van der Waals surface area contributed by atoms with Crippen molar-refractivity contribution in [2.24, 2.45) is 0 Å². The topological polar surface area (TPSA) is 45.2 Å². The van der Waals surface area contributed by atoms with E-state index in [0.29, 0.717) is 30.0 Å². The van der Waals surface area contributed by atoms with Crippen LogP contribution in [0.15, 0.2) is 30.3 Å². The molecule has 0 radical (unpaired) electrons. The number of aryl methyl sites for hydroxylation is 1. The number of hydrogen-bond donors (Lipinski definition) is 2. The van der Waals surface area contributed by atoms with Crippen LogP contribution in [0.3, 0.4) is 0 Å². The van der Waals surface area contributed by atoms with Gasteiger partial charge in [0.2, 0.25) is 0 Å². The van der Waals surface area contributed by atoms with Crippen LogP contribution >= 0.6 is 0 Å². The number of benzene rings is 1. The Morgan fingerprint density at radius 3 is 2.77 bits per heavy atom. The van der Waals surface area contributed by atoms with Crippen molar-refractivity contribution in [1.29, 1.82) is 0 Å². The number of nitrogens with one attached hydrogen (secondary N) is 1. The molecule has 2 atom stereocenters. The molecule has 1 aromatic carbocycles. The van der Waals surface area contributed by atoms with Crippen molar-refractivity contribution in [2.45, 2.75) is 62.6 Å². The zero-order chi connectivity index (χ0) is 21.6. The minimum Gasteiger partial charge on any atom is -0.493 e. The lowest BCUT2D eigenvalue weighted by Crippen LogP contribution is -2.48. The number of ether oxygens (including phenoxy) is 1. The van der Waals surface area contributed by atoms with Crippen LogP contribution in [0.1, 0.15) is 55.1 Å². The first-order valence-corrected chi connectivity index (χ1v) is 10.2. The van der Waals surface area contributed by atoms with E-state index >= 15 is 0 Å². The smallest absolute Gasteiger partial charge is 0.417 e. The van der Waals surface area contributed by atoms with Crippen LogP contribution in [0.25, 0.3) is 6.08 Å². The summed E-state index contributed by atoms with van der Waals surface area (Å²) in [5.41, 5.74) is -0.890. The Morgan fingerprint density at radius 2 is 2.03 bits per heavy atom. The fourth-order valence-electron chi connectivity index (χ4n) is 4.47. The predicted molar refractivity (Wildman–Crippen MR) is 106 cm³/mol. The molecule has 0 saturated heterocycles. The normalized spacial score (nSPS) is 22.7. The molecule has 1 aromatic heterocycles. The molecule has 2 aromatic rings. The van der Waals surface area contributed by atoms with Gasteiger partial charge in [0, 0.05) is 23.4 Å². The molecule has 30 heavy (non-hydrogen) atoms. The van der Waals surface area contributed by atoms with Crippen LogP contribution in [0.5, 0.6) is 5.75 Å². The highest BCUT2D eigenvalue weighted by molar-refractivity contribution is 5.55. The number of H-pyrrole nitrogens is 1. The minimum absolute atomic E-state index is 0.0587. The lowest BCUT2D eigenvalue weighted by molar-refractivity contribution is -0.263. The highest BCUT2D eigenvalue weighted by Crippen LogP contribution is 2.46. The van der Waals surface area contributed by atoms with Crippen molar-refractivity contribution >= 4 is 6.08 Å². The van der Waals surface area contributed by atoms with E-state index < -0.39 is 35.9 Å². The maximum absolute atomic E-state index is 13.9. The lowest BCUT2D eigenvalue weighted by Gasteiger charge is -2.39. The van der Waals surface area contributed by atoms with Crippen molar-refractivity contribution in [3.8, 4) is 5.75 Å². The molecule has 7 heteroatoms. The summed E-state index contributed by atoms with van der Waals surface area (Å²) in [6.45, 7) is 2.15. The molecule has 1 aliphatic heterocycles. The third kappa shape index (κ3) is 3.87. The fourth-order valence-corrected chi connectivity index (χ4v) is 4.47. The number of rotatable bonds is 5. The third-order valence-electron chi connectivity index (χ3n) is 6.45. The number of aromatic amines is 1. The molecule has 0 saturated carbocycles. The Morgan fingerprint density at radius 1 is 1.23 bits per heavy atom. The van der Waals surface area contributed by atoms with E-state index in [1.165, 1.54) is 18.2 Å². The van der Waals surface area contributed by atoms with Crippen molar-refractivity contribution in [2.75, 3.05) is 6.61 Å². The van der Waals surface area contributed by atoms with Gasteiger partial charge < -0.3 is 14.8 Å². The summed E-state index contributed by atoms with van der Waals surface area (Å²) < 4.78 is 61.2. The van der Waals surface area contributed by atoms with Crippen LogP contribution in [0.2, 0.25) is 0 Å². The van der Waals surface area contributed by atoms with E-state index in [1.54, 1.807) is 6.07 Å². The summed E-state index contributed by atoms with van der Waals surface area (Å²) in [5, 5.41) is 10.7. The summed E-state index contributed by atoms with van der Waals surface area (Å²) >= 11 is 0. The quantitative estimate of drug-likeness (QED) is 0.627. The Labute approximate surface area is 172 Å². The minimum atomic E-state index is -4.79. The number of alkyl halides is 3. The van der Waals surface area contributed by atoms with Gasteiger partial charge in [-0.2, -0.15) is 13.2 Å². The Kier molecular flexibility index (Phi) is 5.21. The van der Waals surface area contributed by atoms with Gasteiger partial charge in [-0.1, -0.05) is 19.1 Å². The summed E-state index contributed by atoms with van der Waals surface area (Å²) in [5.74, 6) is 0.0334. The van der Waals surface area contributed by atoms with Gasteiger partial charge in [-0.05, 0) is 67.3 Å². The first-order valence-electron chi connectivity index (χ1n) is 10.2. The molecular formula is C23H25F4NO2. The van der Waals surface area contributed by atoms with Gasteiger partial charge in [-0.3, -0.25) is 0 Å². The number of allylic oxidation sites excluding steroid dienone is 1. The molecule has 1 aliphatic carbocycles. The largest absolute Gasteiger partial charge is 0.493 e. The highest BCUT2D eigenvalue weighted by atomic mass is 19.4. The number of aliphatic hydroxyl groups is 1. The Hall–Kier alpha value is -2.28. The molecule has 2 heterocycles. The standard InChI is InChI=1S/C23H25F4NO2/c1-21(10-11-30-20-7-6-16(24)13-18(20)21)8-9-22(29,23(25,26)27)14-17-12-15-4-2-3-5-19(15)28-17/h2,4,6-7,12-13,28-29H,3,5,8-11,14H2,1H3. The third-order valence-corrected chi connectivity index (χ3v) is 6.45. The summed E-state index contributed by atoms with van der Waals surface area (Å²) in [6, 6.07) is 5.79. The molecule has 2 unspecified atom stereocenters. The zero-order valence-corrected chi connectivity index (χ0v) is 16.8. The lowest BCUT2D eigenvalue weighted by atomic mass is 9.72. The average Bonchev–Trinajstić information content (AvgIpc) is 3.08. The summed E-state index contributed by atoms with van der Waals surface area (Å²) in [7, 11) is 0. The van der Waals surface area contributed by atoms with Crippen molar-refractivity contribution in [3.05, 3.63) is 58.7 Å². The van der Waals surface area contributed by atoms with E-state index in [2.05, 4.69) is 4.98 Å². The highest BCUT2D eigenvalue weighted by Gasteiger charge is 2.54. The maximum atomic E-state index is 13.9. The van der Waals surface area contributed by atoms with Crippen LogP contribution in [0, 0.1) is 5.82 Å². The van der Waals surface area contributed by atoms with Crippen molar-refractivity contribution in [3.63, 3.8) is 0 Å². The number of fused-ring (bicyclic) bond motifs is 2. The summed E-state index contributed by atoms with van der Waals surface area (Å²) in [6.07, 6.45) is 0.160. The van der Waals surface area contributed by atoms with Gasteiger partial charge in [0.05, 0.1) is 6.61 Å². The van der Waals surface area contributed by atoms with E-state index in [-0.39, 0.29) is 6.42 Å². The maximum Gasteiger partial charge on any atom is 0.417 e. The van der Waals surface area contributed by atoms with Gasteiger partial charge in [0.1, 0.15) is 11.6 Å². The Balaban J connectivity index is 1.58. The number of halogens is 4. The molecule has 0 spiro atoms. The first-order chi connectivity index (χ1) is 14.1. The molecule has 2 aliphatic rings. The summed E-state index contributed by atoms with van der Waals surface area (Å²) in [4.78, 5) is 3.05. The van der Waals surface area contributed by atoms with Crippen LogP contribution in [0.4, 0.5) is 17.6 Å². The van der Waals surface area contributed by atoms with E-state index in [0.717, 1.165) is 24.1 Å². The second kappa shape index (κ2) is 7.45. The van der Waals surface area contributed by atoms with E-state index in [4.69, 9.17) is 4.74 Å². The van der Waals surface area contributed by atoms with Crippen LogP contribution in [-0.2, 0) is 18.3 Å². The van der Waals surface area contributed by atoms with Crippen LogP contribution < -0.4 is 4.74 Å². The molecule has 0 amide bonds. The van der Waals surface area contributed by atoms with Gasteiger partial charge in [0.25, 0.3) is 0 Å². The second-order valence-electron chi connectivity index (χ2n) is 8.68. The Bertz CT molecular complexity index is 965. The van der Waals surface area contributed by atoms with Gasteiger partial charge in [-0.25, -0.2) is 4.39 Å². The molecule has 0 fully saturated rings. The van der Waals surface area contributed by atoms with Crippen molar-refractivity contribution in [1.82, 2.24) is 4.98 Å². The average molecular weight is 423 g/mol. The van der Waals surface area contributed by atoms with Gasteiger partial charge in [-0.15, -0.1) is 0 Å². The number of aromatic nitrogens is 1.